The molecule has 5 nitrogen and oxygen atoms in total. The predicted octanol–water partition coefficient (Wildman–Crippen LogP) is 2.95. The summed E-state index contributed by atoms with van der Waals surface area (Å²) in [6.07, 6.45) is 4.93. The molecule has 1 aromatic heterocycles. The van der Waals surface area contributed by atoms with Crippen molar-refractivity contribution in [1.82, 2.24) is 9.55 Å². The molecule has 1 unspecified atom stereocenters. The van der Waals surface area contributed by atoms with E-state index in [-0.39, 0.29) is 17.4 Å². The molecule has 2 aromatic rings. The maximum atomic E-state index is 12.5. The number of anilines is 1. The zero-order valence-electron chi connectivity index (χ0n) is 13.7. The second-order valence-electron chi connectivity index (χ2n) is 5.97. The number of nitrogens with one attached hydrogen (secondary N) is 1. The Morgan fingerprint density at radius 2 is 2.12 bits per heavy atom. The van der Waals surface area contributed by atoms with Gasteiger partial charge in [-0.3, -0.25) is 14.2 Å². The monoisotopic (exact) mass is 343 g/mol. The molecule has 0 fully saturated rings. The molecule has 0 radical (unpaired) electrons. The van der Waals surface area contributed by atoms with E-state index < -0.39 is 0 Å². The van der Waals surface area contributed by atoms with Crippen molar-refractivity contribution in [1.29, 1.82) is 0 Å². The van der Waals surface area contributed by atoms with Crippen LogP contribution in [0.25, 0.3) is 0 Å². The summed E-state index contributed by atoms with van der Waals surface area (Å²) in [5.41, 5.74) is 1.98. The lowest BCUT2D eigenvalue weighted by Gasteiger charge is -2.23. The number of hydrogen-bond acceptors (Lipinski definition) is 4. The fraction of sp³-hybridized carbons (Fsp3) is 0.389. The molecule has 0 spiro atoms. The van der Waals surface area contributed by atoms with E-state index in [0.717, 1.165) is 12.1 Å². The van der Waals surface area contributed by atoms with Gasteiger partial charge in [-0.2, -0.15) is 0 Å². The molecular weight excluding hydrogens is 322 g/mol. The van der Waals surface area contributed by atoms with E-state index in [4.69, 9.17) is 0 Å². The average molecular weight is 343 g/mol. The molecule has 3 rings (SSSR count). The van der Waals surface area contributed by atoms with E-state index in [1.54, 1.807) is 4.57 Å². The van der Waals surface area contributed by atoms with Gasteiger partial charge in [0.15, 0.2) is 5.16 Å². The van der Waals surface area contributed by atoms with Gasteiger partial charge in [-0.1, -0.05) is 37.2 Å². The Kier molecular flexibility index (Phi) is 5.35. The Morgan fingerprint density at radius 1 is 1.33 bits per heavy atom. The summed E-state index contributed by atoms with van der Waals surface area (Å²) in [5, 5.41) is 3.64. The van der Waals surface area contributed by atoms with E-state index in [1.165, 1.54) is 42.4 Å². The average Bonchev–Trinajstić information content (AvgIpc) is 2.61. The Bertz CT molecular complexity index is 771. The first-order valence-corrected chi connectivity index (χ1v) is 9.24. The maximum Gasteiger partial charge on any atom is 0.254 e. The number of amides is 1. The number of thioether (sulfide) groups is 1. The molecule has 1 atom stereocenters. The first kappa shape index (κ1) is 16.8. The Labute approximate surface area is 145 Å². The van der Waals surface area contributed by atoms with E-state index >= 15 is 0 Å². The van der Waals surface area contributed by atoms with Crippen molar-refractivity contribution in [2.75, 3.05) is 11.1 Å². The highest BCUT2D eigenvalue weighted by atomic mass is 32.2. The molecule has 0 saturated heterocycles. The SMILES string of the molecule is CCCCc1ccc(NC(=O)C2CSc3nccc(=O)n3C2)cc1. The third-order valence-electron chi connectivity index (χ3n) is 4.13. The minimum atomic E-state index is -0.232. The summed E-state index contributed by atoms with van der Waals surface area (Å²) in [5.74, 6) is 0.353. The van der Waals surface area contributed by atoms with Crippen molar-refractivity contribution in [2.45, 2.75) is 37.9 Å². The van der Waals surface area contributed by atoms with Crippen molar-refractivity contribution in [3.8, 4) is 0 Å². The van der Waals surface area contributed by atoms with Gasteiger partial charge in [0.2, 0.25) is 5.91 Å². The molecule has 1 amide bonds. The van der Waals surface area contributed by atoms with E-state index in [1.807, 2.05) is 12.1 Å². The Balaban J connectivity index is 1.63. The Hall–Kier alpha value is -2.08. The summed E-state index contributed by atoms with van der Waals surface area (Å²) in [7, 11) is 0. The molecule has 1 aliphatic rings. The largest absolute Gasteiger partial charge is 0.326 e. The topological polar surface area (TPSA) is 64.0 Å². The van der Waals surface area contributed by atoms with E-state index in [2.05, 4.69) is 29.4 Å². The normalized spacial score (nSPS) is 16.5. The summed E-state index contributed by atoms with van der Waals surface area (Å²) < 4.78 is 1.58. The fourth-order valence-corrected chi connectivity index (χ4v) is 3.75. The molecule has 1 N–H and O–H groups in total. The second kappa shape index (κ2) is 7.66. The Morgan fingerprint density at radius 3 is 2.88 bits per heavy atom. The summed E-state index contributed by atoms with van der Waals surface area (Å²) >= 11 is 1.45. The van der Waals surface area contributed by atoms with Gasteiger partial charge in [0.05, 0.1) is 5.92 Å². The highest BCUT2D eigenvalue weighted by molar-refractivity contribution is 7.99. The number of nitrogens with zero attached hydrogens (tertiary/aromatic N) is 2. The van der Waals surface area contributed by atoms with Crippen molar-refractivity contribution < 1.29 is 4.79 Å². The van der Waals surface area contributed by atoms with Gasteiger partial charge in [-0.05, 0) is 30.5 Å². The molecule has 0 aliphatic carbocycles. The van der Waals surface area contributed by atoms with Gasteiger partial charge >= 0.3 is 0 Å². The third kappa shape index (κ3) is 3.87. The van der Waals surface area contributed by atoms with Crippen LogP contribution in [-0.2, 0) is 17.8 Å². The lowest BCUT2D eigenvalue weighted by Crippen LogP contribution is -2.36. The predicted molar refractivity (Wildman–Crippen MR) is 96.4 cm³/mol. The zero-order valence-corrected chi connectivity index (χ0v) is 14.5. The van der Waals surface area contributed by atoms with Gasteiger partial charge in [-0.25, -0.2) is 4.98 Å². The first-order chi connectivity index (χ1) is 11.7. The number of unbranched alkanes of at least 4 members (excludes halogenated alkanes) is 1. The van der Waals surface area contributed by atoms with Crippen molar-refractivity contribution in [2.24, 2.45) is 5.92 Å². The summed E-state index contributed by atoms with van der Waals surface area (Å²) in [6.45, 7) is 2.56. The van der Waals surface area contributed by atoms with Crippen LogP contribution in [-0.4, -0.2) is 21.2 Å². The van der Waals surface area contributed by atoms with Crippen LogP contribution in [0.3, 0.4) is 0 Å². The van der Waals surface area contributed by atoms with Gasteiger partial charge in [0.25, 0.3) is 5.56 Å². The molecule has 126 valence electrons. The van der Waals surface area contributed by atoms with Crippen LogP contribution in [0.2, 0.25) is 0 Å². The molecule has 1 aliphatic heterocycles. The summed E-state index contributed by atoms with van der Waals surface area (Å²) in [4.78, 5) is 28.6. The maximum absolute atomic E-state index is 12.5. The molecule has 24 heavy (non-hydrogen) atoms. The standard InChI is InChI=1S/C18H21N3O2S/c1-2-3-4-13-5-7-15(8-6-13)20-17(23)14-11-21-16(22)9-10-19-18(21)24-12-14/h5-10,14H,2-4,11-12H2,1H3,(H,20,23). The minimum Gasteiger partial charge on any atom is -0.326 e. The molecule has 6 heteroatoms. The number of benzene rings is 1. The van der Waals surface area contributed by atoms with Crippen molar-refractivity contribution in [3.63, 3.8) is 0 Å². The number of fused-ring (bicyclic) bond motifs is 1. The molecule has 0 saturated carbocycles. The van der Waals surface area contributed by atoms with Crippen molar-refractivity contribution in [3.05, 3.63) is 52.4 Å². The summed E-state index contributed by atoms with van der Waals surface area (Å²) in [6, 6.07) is 9.44. The second-order valence-corrected chi connectivity index (χ2v) is 6.96. The number of carbonyl (C=O) groups excluding carboxylic acids is 1. The number of rotatable bonds is 5. The van der Waals surface area contributed by atoms with Crippen LogP contribution in [0.1, 0.15) is 25.3 Å². The van der Waals surface area contributed by atoms with Crippen LogP contribution in [0.4, 0.5) is 5.69 Å². The lowest BCUT2D eigenvalue weighted by molar-refractivity contribution is -0.119. The smallest absolute Gasteiger partial charge is 0.254 e. The van der Waals surface area contributed by atoms with Crippen LogP contribution >= 0.6 is 11.8 Å². The van der Waals surface area contributed by atoms with Gasteiger partial charge < -0.3 is 5.32 Å². The van der Waals surface area contributed by atoms with E-state index in [9.17, 15) is 9.59 Å². The third-order valence-corrected chi connectivity index (χ3v) is 5.28. The van der Waals surface area contributed by atoms with Crippen molar-refractivity contribution >= 4 is 23.4 Å². The zero-order chi connectivity index (χ0) is 16.9. The van der Waals surface area contributed by atoms with Gasteiger partial charge in [-0.15, -0.1) is 0 Å². The molecular formula is C18H21N3O2S. The number of aromatic nitrogens is 2. The fourth-order valence-electron chi connectivity index (χ4n) is 2.69. The number of aryl methyl sites for hydroxylation is 1. The highest BCUT2D eigenvalue weighted by Gasteiger charge is 2.26. The lowest BCUT2D eigenvalue weighted by atomic mass is 10.1. The number of hydrogen-bond donors (Lipinski definition) is 1. The molecule has 2 heterocycles. The van der Waals surface area contributed by atoms with Crippen LogP contribution in [0.15, 0.2) is 46.5 Å². The number of carbonyl (C=O) groups is 1. The van der Waals surface area contributed by atoms with E-state index in [0.29, 0.717) is 17.5 Å². The van der Waals surface area contributed by atoms with Crippen LogP contribution in [0, 0.1) is 5.92 Å². The first-order valence-electron chi connectivity index (χ1n) is 8.26. The highest BCUT2D eigenvalue weighted by Crippen LogP contribution is 2.25. The molecule has 1 aromatic carbocycles. The van der Waals surface area contributed by atoms with Gasteiger partial charge in [0, 0.05) is 30.2 Å². The quantitative estimate of drug-likeness (QED) is 0.848. The minimum absolute atomic E-state index is 0.0507. The molecule has 0 bridgehead atoms. The van der Waals surface area contributed by atoms with Crippen LogP contribution in [0.5, 0.6) is 0 Å². The van der Waals surface area contributed by atoms with Crippen LogP contribution < -0.4 is 10.9 Å². The van der Waals surface area contributed by atoms with Gasteiger partial charge in [0.1, 0.15) is 0 Å².